The number of nitrogens with two attached hydrogens (primary N) is 1. The third kappa shape index (κ3) is 8.88. The van der Waals surface area contributed by atoms with Crippen LogP contribution in [0.1, 0.15) is 45.6 Å². The third-order valence-electron chi connectivity index (χ3n) is 5.88. The molecule has 1 saturated heterocycles. The Bertz CT molecular complexity index is 949. The Morgan fingerprint density at radius 1 is 0.829 bits per heavy atom. The van der Waals surface area contributed by atoms with E-state index in [-0.39, 0.29) is 12.8 Å². The van der Waals surface area contributed by atoms with Crippen LogP contribution in [0.15, 0.2) is 42.5 Å². The highest BCUT2D eigenvalue weighted by atomic mass is 16.2. The number of benzene rings is 1. The Kier molecular flexibility index (Phi) is 10.4. The Balaban J connectivity index is 2.32. The summed E-state index contributed by atoms with van der Waals surface area (Å²) < 4.78 is 0. The molecule has 10 nitrogen and oxygen atoms in total. The van der Waals surface area contributed by atoms with Crippen LogP contribution < -0.4 is 27.0 Å². The smallest absolute Gasteiger partial charge is 0.243 e. The van der Waals surface area contributed by atoms with Crippen LogP contribution >= 0.6 is 0 Å². The quantitative estimate of drug-likeness (QED) is 0.345. The number of amides is 5. The van der Waals surface area contributed by atoms with Crippen LogP contribution in [0.4, 0.5) is 0 Å². The number of nitrogens with one attached hydrogen (secondary N) is 4. The van der Waals surface area contributed by atoms with Crippen LogP contribution in [0.2, 0.25) is 0 Å². The molecule has 1 fully saturated rings. The molecular formula is C25H35N5O5. The third-order valence-corrected chi connectivity index (χ3v) is 5.88. The van der Waals surface area contributed by atoms with Crippen molar-refractivity contribution in [3.8, 4) is 0 Å². The average Bonchev–Trinajstić information content (AvgIpc) is 2.81. The highest BCUT2D eigenvalue weighted by molar-refractivity contribution is 5.95. The van der Waals surface area contributed by atoms with Crippen LogP contribution in [0.25, 0.3) is 0 Å². The zero-order valence-corrected chi connectivity index (χ0v) is 20.4. The number of primary amides is 1. The van der Waals surface area contributed by atoms with E-state index in [1.54, 1.807) is 19.1 Å². The summed E-state index contributed by atoms with van der Waals surface area (Å²) in [7, 11) is 0. The first kappa shape index (κ1) is 27.6. The zero-order chi connectivity index (χ0) is 26.0. The zero-order valence-electron chi connectivity index (χ0n) is 20.4. The van der Waals surface area contributed by atoms with Gasteiger partial charge in [0.25, 0.3) is 0 Å². The fourth-order valence-corrected chi connectivity index (χ4v) is 3.61. The summed E-state index contributed by atoms with van der Waals surface area (Å²) in [6, 6.07) is 5.92. The minimum absolute atomic E-state index is 0.194. The molecular weight excluding hydrogens is 450 g/mol. The Labute approximate surface area is 205 Å². The predicted molar refractivity (Wildman–Crippen MR) is 131 cm³/mol. The molecule has 5 atom stereocenters. The van der Waals surface area contributed by atoms with Crippen molar-refractivity contribution >= 4 is 29.5 Å². The van der Waals surface area contributed by atoms with Gasteiger partial charge < -0.3 is 27.0 Å². The van der Waals surface area contributed by atoms with Gasteiger partial charge in [-0.05, 0) is 32.3 Å². The van der Waals surface area contributed by atoms with Crippen LogP contribution in [-0.4, -0.2) is 53.7 Å². The van der Waals surface area contributed by atoms with E-state index in [1.165, 1.54) is 13.8 Å². The number of hydrogen-bond acceptors (Lipinski definition) is 5. The van der Waals surface area contributed by atoms with Crippen LogP contribution in [-0.2, 0) is 30.4 Å². The summed E-state index contributed by atoms with van der Waals surface area (Å²) in [5, 5.41) is 10.9. The maximum atomic E-state index is 13.3. The topological polar surface area (TPSA) is 159 Å². The maximum absolute atomic E-state index is 13.3. The lowest BCUT2D eigenvalue weighted by Gasteiger charge is -2.27. The molecule has 0 aliphatic carbocycles. The molecule has 6 N–H and O–H groups in total. The second-order valence-corrected chi connectivity index (χ2v) is 8.83. The minimum atomic E-state index is -0.918. The summed E-state index contributed by atoms with van der Waals surface area (Å²) >= 11 is 0. The predicted octanol–water partition coefficient (Wildman–Crippen LogP) is 0.0696. The molecule has 0 saturated carbocycles. The lowest BCUT2D eigenvalue weighted by Crippen LogP contribution is -2.55. The van der Waals surface area contributed by atoms with Gasteiger partial charge in [0.1, 0.15) is 18.1 Å². The second kappa shape index (κ2) is 13.3. The van der Waals surface area contributed by atoms with Gasteiger partial charge in [-0.15, -0.1) is 0 Å². The summed E-state index contributed by atoms with van der Waals surface area (Å²) in [5.41, 5.74) is 6.00. The molecule has 190 valence electrons. The van der Waals surface area contributed by atoms with Crippen LogP contribution in [0.3, 0.4) is 0 Å². The largest absolute Gasteiger partial charge is 0.370 e. The molecule has 1 aromatic carbocycles. The SMILES string of the molecule is C[C@@H]1C(=O)N[C@H](C)C(=O)N[C@H](C)C(=O)N[C@H](Cc2ccccc2)C(=O)N[C@@H]1CC=CCCC(N)=O. The molecule has 0 aromatic heterocycles. The number of carbonyl (C=O) groups excluding carboxylic acids is 5. The average molecular weight is 486 g/mol. The highest BCUT2D eigenvalue weighted by Gasteiger charge is 2.32. The van der Waals surface area contributed by atoms with Gasteiger partial charge in [-0.3, -0.25) is 24.0 Å². The van der Waals surface area contributed by atoms with Gasteiger partial charge in [0, 0.05) is 18.9 Å². The number of allylic oxidation sites excluding steroid dienone is 1. The van der Waals surface area contributed by atoms with Crippen molar-refractivity contribution in [2.45, 2.75) is 70.6 Å². The molecule has 0 bridgehead atoms. The van der Waals surface area contributed by atoms with E-state index < -0.39 is 59.6 Å². The van der Waals surface area contributed by atoms with E-state index in [1.807, 2.05) is 30.3 Å². The lowest BCUT2D eigenvalue weighted by molar-refractivity contribution is -0.132. The van der Waals surface area contributed by atoms with Crippen molar-refractivity contribution < 1.29 is 24.0 Å². The fraction of sp³-hybridized carbons (Fsp3) is 0.480. The fourth-order valence-electron chi connectivity index (χ4n) is 3.61. The van der Waals surface area contributed by atoms with Crippen molar-refractivity contribution in [1.82, 2.24) is 21.3 Å². The molecule has 1 aliphatic rings. The number of rotatable bonds is 7. The molecule has 5 amide bonds. The van der Waals surface area contributed by atoms with E-state index >= 15 is 0 Å². The highest BCUT2D eigenvalue weighted by Crippen LogP contribution is 2.12. The van der Waals surface area contributed by atoms with E-state index in [0.717, 1.165) is 5.56 Å². The molecule has 0 radical (unpaired) electrons. The molecule has 0 unspecified atom stereocenters. The van der Waals surface area contributed by atoms with Gasteiger partial charge in [-0.1, -0.05) is 49.4 Å². The summed E-state index contributed by atoms with van der Waals surface area (Å²) in [4.78, 5) is 62.4. The molecule has 10 heteroatoms. The van der Waals surface area contributed by atoms with Gasteiger partial charge >= 0.3 is 0 Å². The van der Waals surface area contributed by atoms with Crippen LogP contribution in [0, 0.1) is 5.92 Å². The van der Waals surface area contributed by atoms with Crippen molar-refractivity contribution in [1.29, 1.82) is 0 Å². The monoisotopic (exact) mass is 485 g/mol. The minimum Gasteiger partial charge on any atom is -0.370 e. The van der Waals surface area contributed by atoms with E-state index in [9.17, 15) is 24.0 Å². The van der Waals surface area contributed by atoms with Crippen molar-refractivity contribution in [3.63, 3.8) is 0 Å². The first-order chi connectivity index (χ1) is 16.6. The molecule has 1 heterocycles. The van der Waals surface area contributed by atoms with Gasteiger partial charge in [-0.25, -0.2) is 0 Å². The van der Waals surface area contributed by atoms with Gasteiger partial charge in [0.15, 0.2) is 0 Å². The summed E-state index contributed by atoms with van der Waals surface area (Å²) in [6.45, 7) is 4.70. The van der Waals surface area contributed by atoms with Gasteiger partial charge in [-0.2, -0.15) is 0 Å². The van der Waals surface area contributed by atoms with E-state index in [4.69, 9.17) is 5.73 Å². The molecule has 1 aliphatic heterocycles. The van der Waals surface area contributed by atoms with Crippen molar-refractivity contribution in [2.24, 2.45) is 11.7 Å². The first-order valence-electron chi connectivity index (χ1n) is 11.8. The number of hydrogen-bond donors (Lipinski definition) is 5. The van der Waals surface area contributed by atoms with Crippen molar-refractivity contribution in [2.75, 3.05) is 0 Å². The maximum Gasteiger partial charge on any atom is 0.243 e. The second-order valence-electron chi connectivity index (χ2n) is 8.83. The van der Waals surface area contributed by atoms with E-state index in [0.29, 0.717) is 12.8 Å². The Hall–Kier alpha value is -3.69. The molecule has 0 spiro atoms. The summed E-state index contributed by atoms with van der Waals surface area (Å²) in [5.74, 6) is -2.96. The first-order valence-corrected chi connectivity index (χ1v) is 11.8. The Morgan fingerprint density at radius 2 is 1.43 bits per heavy atom. The standard InChI is InChI=1S/C25H35N5O5/c1-15-19(12-8-5-9-13-21(26)31)29-25(35)20(14-18-10-6-4-7-11-18)30-24(34)17(3)28-23(33)16(2)27-22(15)32/h4-8,10-11,15-17,19-20H,9,12-14H2,1-3H3,(H2,26,31)(H,27,32)(H,28,33)(H,29,35)(H,30,34)/t15-,16+,17+,19+,20+/m0/s1. The van der Waals surface area contributed by atoms with Gasteiger partial charge in [0.05, 0.1) is 5.92 Å². The molecule has 2 rings (SSSR count). The van der Waals surface area contributed by atoms with E-state index in [2.05, 4.69) is 21.3 Å². The number of carbonyl (C=O) groups is 5. The lowest BCUT2D eigenvalue weighted by atomic mass is 9.96. The Morgan fingerprint density at radius 3 is 2.06 bits per heavy atom. The van der Waals surface area contributed by atoms with Crippen LogP contribution in [0.5, 0.6) is 0 Å². The molecule has 1 aromatic rings. The summed E-state index contributed by atoms with van der Waals surface area (Å²) in [6.07, 6.45) is 4.72. The molecule has 35 heavy (non-hydrogen) atoms. The van der Waals surface area contributed by atoms with Crippen molar-refractivity contribution in [3.05, 3.63) is 48.0 Å². The van der Waals surface area contributed by atoms with Gasteiger partial charge in [0.2, 0.25) is 29.5 Å². The normalized spacial score (nSPS) is 26.4.